The molecule has 2 aromatic carbocycles. The molecule has 0 radical (unpaired) electrons. The maximum Gasteiger partial charge on any atom is 0.321 e. The average Bonchev–Trinajstić information content (AvgIpc) is 2.93. The molecule has 1 N–H and O–H groups in total. The summed E-state index contributed by atoms with van der Waals surface area (Å²) in [6.45, 7) is 4.60. The van der Waals surface area contributed by atoms with Crippen molar-refractivity contribution in [3.05, 3.63) is 65.7 Å². The monoisotopic (exact) mass is 365 g/mol. The Bertz CT molecular complexity index is 776. The minimum absolute atomic E-state index is 0.102. The smallest absolute Gasteiger partial charge is 0.321 e. The number of hydrogen-bond acceptors (Lipinski definition) is 2. The molecule has 5 heteroatoms. The Balaban J connectivity index is 1.48. The Morgan fingerprint density at radius 3 is 2.44 bits per heavy atom. The van der Waals surface area contributed by atoms with Gasteiger partial charge in [0.2, 0.25) is 5.91 Å². The van der Waals surface area contributed by atoms with Gasteiger partial charge in [-0.05, 0) is 37.5 Å². The van der Waals surface area contributed by atoms with Gasteiger partial charge in [0.25, 0.3) is 0 Å². The number of para-hydroxylation sites is 1. The van der Waals surface area contributed by atoms with Crippen LogP contribution in [0.2, 0.25) is 0 Å². The second-order valence-corrected chi connectivity index (χ2v) is 7.01. The zero-order valence-electron chi connectivity index (χ0n) is 15.9. The first kappa shape index (κ1) is 19.0. The van der Waals surface area contributed by atoms with E-state index in [1.54, 1.807) is 4.90 Å². The molecule has 1 saturated heterocycles. The first-order chi connectivity index (χ1) is 13.1. The molecule has 0 spiro atoms. The van der Waals surface area contributed by atoms with Gasteiger partial charge in [-0.2, -0.15) is 0 Å². The Hall–Kier alpha value is -2.82. The summed E-state index contributed by atoms with van der Waals surface area (Å²) in [6.07, 6.45) is 2.08. The van der Waals surface area contributed by atoms with Crippen molar-refractivity contribution >= 4 is 17.6 Å². The van der Waals surface area contributed by atoms with Crippen molar-refractivity contribution in [2.75, 3.05) is 31.5 Å². The molecule has 0 aromatic heterocycles. The molecule has 0 atom stereocenters. The van der Waals surface area contributed by atoms with Gasteiger partial charge in [0, 0.05) is 38.3 Å². The lowest BCUT2D eigenvalue weighted by atomic mass is 10.1. The molecule has 1 heterocycles. The zero-order valence-corrected chi connectivity index (χ0v) is 15.9. The summed E-state index contributed by atoms with van der Waals surface area (Å²) in [7, 11) is 0. The van der Waals surface area contributed by atoms with Gasteiger partial charge in [0.05, 0.1) is 0 Å². The number of urea groups is 1. The molecule has 1 aliphatic rings. The number of aryl methyl sites for hydroxylation is 2. The molecule has 0 aliphatic carbocycles. The molecular weight excluding hydrogens is 338 g/mol. The van der Waals surface area contributed by atoms with Crippen molar-refractivity contribution in [1.82, 2.24) is 9.80 Å². The number of anilines is 1. The van der Waals surface area contributed by atoms with Crippen molar-refractivity contribution in [3.63, 3.8) is 0 Å². The van der Waals surface area contributed by atoms with Gasteiger partial charge in [-0.1, -0.05) is 48.0 Å². The fraction of sp³-hybridized carbons (Fsp3) is 0.364. The van der Waals surface area contributed by atoms with Crippen LogP contribution in [0.5, 0.6) is 0 Å². The molecular formula is C22H27N3O2. The van der Waals surface area contributed by atoms with E-state index in [2.05, 4.69) is 30.4 Å². The molecule has 0 saturated carbocycles. The quantitative estimate of drug-likeness (QED) is 0.898. The summed E-state index contributed by atoms with van der Waals surface area (Å²) in [5, 5.41) is 2.92. The molecule has 142 valence electrons. The van der Waals surface area contributed by atoms with E-state index < -0.39 is 0 Å². The van der Waals surface area contributed by atoms with Crippen LogP contribution in [0.4, 0.5) is 10.5 Å². The summed E-state index contributed by atoms with van der Waals surface area (Å²) in [4.78, 5) is 28.7. The Labute approximate surface area is 161 Å². The van der Waals surface area contributed by atoms with E-state index in [0.717, 1.165) is 18.5 Å². The molecule has 3 rings (SSSR count). The Morgan fingerprint density at radius 1 is 0.926 bits per heavy atom. The van der Waals surface area contributed by atoms with E-state index in [-0.39, 0.29) is 11.9 Å². The summed E-state index contributed by atoms with van der Waals surface area (Å²) in [5.41, 5.74) is 3.20. The molecule has 27 heavy (non-hydrogen) atoms. The zero-order chi connectivity index (χ0) is 19.1. The number of rotatable bonds is 4. The summed E-state index contributed by atoms with van der Waals surface area (Å²) >= 11 is 0. The van der Waals surface area contributed by atoms with Crippen LogP contribution in [0.1, 0.15) is 24.0 Å². The highest BCUT2D eigenvalue weighted by Gasteiger charge is 2.21. The van der Waals surface area contributed by atoms with E-state index >= 15 is 0 Å². The first-order valence-electron chi connectivity index (χ1n) is 9.56. The largest absolute Gasteiger partial charge is 0.341 e. The van der Waals surface area contributed by atoms with Crippen molar-refractivity contribution in [2.45, 2.75) is 26.2 Å². The maximum atomic E-state index is 12.6. The van der Waals surface area contributed by atoms with E-state index in [4.69, 9.17) is 0 Å². The summed E-state index contributed by atoms with van der Waals surface area (Å²) < 4.78 is 0. The third-order valence-corrected chi connectivity index (χ3v) is 4.87. The van der Waals surface area contributed by atoms with Crippen LogP contribution in [-0.2, 0) is 11.2 Å². The van der Waals surface area contributed by atoms with Crippen molar-refractivity contribution < 1.29 is 9.59 Å². The molecule has 0 bridgehead atoms. The van der Waals surface area contributed by atoms with Crippen molar-refractivity contribution in [1.29, 1.82) is 0 Å². The molecule has 1 aliphatic heterocycles. The van der Waals surface area contributed by atoms with E-state index in [0.29, 0.717) is 32.6 Å². The number of hydrogen-bond donors (Lipinski definition) is 1. The van der Waals surface area contributed by atoms with E-state index in [1.165, 1.54) is 11.1 Å². The number of amides is 3. The Kier molecular flexibility index (Phi) is 6.47. The molecule has 3 amide bonds. The van der Waals surface area contributed by atoms with Gasteiger partial charge in [0.1, 0.15) is 0 Å². The lowest BCUT2D eigenvalue weighted by molar-refractivity contribution is -0.131. The number of carbonyl (C=O) groups excluding carboxylic acids is 2. The minimum atomic E-state index is -0.102. The number of carbonyl (C=O) groups is 2. The van der Waals surface area contributed by atoms with Crippen molar-refractivity contribution in [2.24, 2.45) is 0 Å². The predicted molar refractivity (Wildman–Crippen MR) is 108 cm³/mol. The maximum absolute atomic E-state index is 12.6. The van der Waals surface area contributed by atoms with Crippen LogP contribution >= 0.6 is 0 Å². The van der Waals surface area contributed by atoms with Crippen LogP contribution in [-0.4, -0.2) is 47.9 Å². The predicted octanol–water partition coefficient (Wildman–Crippen LogP) is 3.69. The van der Waals surface area contributed by atoms with Crippen LogP contribution < -0.4 is 5.32 Å². The third-order valence-electron chi connectivity index (χ3n) is 4.87. The van der Waals surface area contributed by atoms with E-state index in [9.17, 15) is 9.59 Å². The second-order valence-electron chi connectivity index (χ2n) is 7.01. The van der Waals surface area contributed by atoms with Crippen LogP contribution in [0.3, 0.4) is 0 Å². The van der Waals surface area contributed by atoms with Gasteiger partial charge in [-0.25, -0.2) is 4.79 Å². The molecule has 1 fully saturated rings. The van der Waals surface area contributed by atoms with Gasteiger partial charge in [-0.3, -0.25) is 4.79 Å². The number of benzene rings is 2. The first-order valence-corrected chi connectivity index (χ1v) is 9.56. The highest BCUT2D eigenvalue weighted by molar-refractivity contribution is 5.89. The van der Waals surface area contributed by atoms with Crippen LogP contribution in [0.15, 0.2) is 54.6 Å². The highest BCUT2D eigenvalue weighted by atomic mass is 16.2. The topological polar surface area (TPSA) is 52.7 Å². The summed E-state index contributed by atoms with van der Waals surface area (Å²) in [6, 6.07) is 17.6. The molecule has 0 unspecified atom stereocenters. The van der Waals surface area contributed by atoms with Crippen molar-refractivity contribution in [3.8, 4) is 0 Å². The molecule has 5 nitrogen and oxygen atoms in total. The highest BCUT2D eigenvalue weighted by Crippen LogP contribution is 2.12. The summed E-state index contributed by atoms with van der Waals surface area (Å²) in [5.74, 6) is 0.168. The van der Waals surface area contributed by atoms with Gasteiger partial charge >= 0.3 is 6.03 Å². The lowest BCUT2D eigenvalue weighted by Crippen LogP contribution is -2.39. The van der Waals surface area contributed by atoms with E-state index in [1.807, 2.05) is 41.3 Å². The fourth-order valence-corrected chi connectivity index (χ4v) is 3.37. The second kappa shape index (κ2) is 9.21. The minimum Gasteiger partial charge on any atom is -0.341 e. The van der Waals surface area contributed by atoms with Gasteiger partial charge in [-0.15, -0.1) is 0 Å². The van der Waals surface area contributed by atoms with Gasteiger partial charge in [0.15, 0.2) is 0 Å². The lowest BCUT2D eigenvalue weighted by Gasteiger charge is -2.22. The molecule has 2 aromatic rings. The van der Waals surface area contributed by atoms with Crippen LogP contribution in [0.25, 0.3) is 0 Å². The fourth-order valence-electron chi connectivity index (χ4n) is 3.37. The third kappa shape index (κ3) is 5.58. The van der Waals surface area contributed by atoms with Gasteiger partial charge < -0.3 is 15.1 Å². The SMILES string of the molecule is Cc1cccc(CCC(=O)N2CCCN(C(=O)Nc3ccccc3)CC2)c1. The van der Waals surface area contributed by atoms with Crippen LogP contribution in [0, 0.1) is 6.92 Å². The Morgan fingerprint density at radius 2 is 1.67 bits per heavy atom. The standard InChI is InChI=1S/C22H27N3O2/c1-18-7-5-8-19(17-18)11-12-21(26)24-13-6-14-25(16-15-24)22(27)23-20-9-3-2-4-10-20/h2-5,7-10,17H,6,11-16H2,1H3,(H,23,27). The normalized spacial score (nSPS) is 14.6. The average molecular weight is 365 g/mol. The number of nitrogens with zero attached hydrogens (tertiary/aromatic N) is 2. The number of nitrogens with one attached hydrogen (secondary N) is 1.